The molecule has 0 radical (unpaired) electrons. The second kappa shape index (κ2) is 12.9. The maximum Gasteiger partial charge on any atom is 0.258 e. The Morgan fingerprint density at radius 1 is 1.05 bits per heavy atom. The molecule has 0 atom stereocenters. The Kier molecular flexibility index (Phi) is 8.67. The summed E-state index contributed by atoms with van der Waals surface area (Å²) >= 11 is 0. The van der Waals surface area contributed by atoms with Crippen molar-refractivity contribution in [2.24, 2.45) is 0 Å². The molecule has 0 saturated carbocycles. The number of fused-ring (bicyclic) bond motifs is 1. The number of ketones is 1. The van der Waals surface area contributed by atoms with Crippen molar-refractivity contribution in [3.63, 3.8) is 0 Å². The van der Waals surface area contributed by atoms with E-state index in [2.05, 4.69) is 70.6 Å². The molecule has 0 unspecified atom stereocenters. The van der Waals surface area contributed by atoms with Crippen molar-refractivity contribution in [2.45, 2.75) is 32.7 Å². The minimum Gasteiger partial charge on any atom is -0.492 e. The minimum atomic E-state index is -0.244. The first-order valence-electron chi connectivity index (χ1n) is 15.2. The largest absolute Gasteiger partial charge is 0.492 e. The Hall–Kier alpha value is -4.27. The van der Waals surface area contributed by atoms with Gasteiger partial charge in [-0.15, -0.1) is 0 Å². The molecule has 0 bridgehead atoms. The molecule has 6 rings (SSSR count). The molecule has 43 heavy (non-hydrogen) atoms. The molecule has 2 heterocycles. The van der Waals surface area contributed by atoms with E-state index in [-0.39, 0.29) is 18.1 Å². The second-order valence-electron chi connectivity index (χ2n) is 11.6. The lowest BCUT2D eigenvalue weighted by molar-refractivity contribution is -0.114. The molecule has 3 aliphatic rings. The summed E-state index contributed by atoms with van der Waals surface area (Å²) in [6.07, 6.45) is 10.9. The number of hydrogen-bond donors (Lipinski definition) is 1. The van der Waals surface area contributed by atoms with Gasteiger partial charge in [0.2, 0.25) is 0 Å². The summed E-state index contributed by atoms with van der Waals surface area (Å²) in [6.45, 7) is 8.65. The molecule has 1 aromatic heterocycles. The van der Waals surface area contributed by atoms with Crippen LogP contribution in [-0.4, -0.2) is 77.6 Å². The summed E-state index contributed by atoms with van der Waals surface area (Å²) in [5.41, 5.74) is 7.40. The van der Waals surface area contributed by atoms with Crippen molar-refractivity contribution in [3.8, 4) is 5.75 Å². The van der Waals surface area contributed by atoms with E-state index in [1.54, 1.807) is 29.2 Å². The van der Waals surface area contributed by atoms with Gasteiger partial charge >= 0.3 is 0 Å². The summed E-state index contributed by atoms with van der Waals surface area (Å²) in [5, 5.41) is 7.36. The number of carbonyl (C=O) groups is 2. The van der Waals surface area contributed by atoms with Crippen LogP contribution in [0.2, 0.25) is 0 Å². The van der Waals surface area contributed by atoms with Gasteiger partial charge in [0.15, 0.2) is 5.78 Å². The first kappa shape index (κ1) is 28.8. The normalized spacial score (nSPS) is 17.3. The van der Waals surface area contributed by atoms with Gasteiger partial charge in [-0.2, -0.15) is 5.10 Å². The van der Waals surface area contributed by atoms with Crippen molar-refractivity contribution in [2.75, 3.05) is 46.4 Å². The smallest absolute Gasteiger partial charge is 0.258 e. The van der Waals surface area contributed by atoms with Crippen LogP contribution in [0.25, 0.3) is 6.08 Å². The van der Waals surface area contributed by atoms with Gasteiger partial charge in [0.05, 0.1) is 18.3 Å². The predicted molar refractivity (Wildman–Crippen MR) is 168 cm³/mol. The van der Waals surface area contributed by atoms with Crippen LogP contribution >= 0.6 is 0 Å². The van der Waals surface area contributed by atoms with Gasteiger partial charge in [-0.3, -0.25) is 19.2 Å². The number of amides is 1. The Morgan fingerprint density at radius 2 is 1.88 bits per heavy atom. The number of rotatable bonds is 10. The number of aryl methyl sites for hydroxylation is 1. The van der Waals surface area contributed by atoms with Crippen LogP contribution in [0.1, 0.15) is 46.0 Å². The SMILES string of the molecule is CCc1cccc(Cn2cc(C(=O)NC3=CCC(=O)C(C4=Cc5cc(OCCN6CCN(C)CC6)ccc5C4)=C3)cn2)c1. The van der Waals surface area contributed by atoms with E-state index >= 15 is 0 Å². The fraction of sp³-hybridized carbons (Fsp3) is 0.343. The van der Waals surface area contributed by atoms with Crippen LogP contribution in [-0.2, 0) is 24.2 Å². The number of carbonyl (C=O) groups excluding carboxylic acids is 2. The lowest BCUT2D eigenvalue weighted by Gasteiger charge is -2.32. The third-order valence-electron chi connectivity index (χ3n) is 8.45. The van der Waals surface area contributed by atoms with Crippen molar-refractivity contribution < 1.29 is 14.3 Å². The highest BCUT2D eigenvalue weighted by Crippen LogP contribution is 2.34. The van der Waals surface area contributed by atoms with Crippen molar-refractivity contribution in [1.29, 1.82) is 0 Å². The molecule has 2 aliphatic carbocycles. The van der Waals surface area contributed by atoms with E-state index in [1.165, 1.54) is 11.1 Å². The van der Waals surface area contributed by atoms with Gasteiger partial charge < -0.3 is 15.0 Å². The number of piperazine rings is 1. The van der Waals surface area contributed by atoms with Crippen molar-refractivity contribution in [1.82, 2.24) is 24.9 Å². The third kappa shape index (κ3) is 7.04. The summed E-state index contributed by atoms with van der Waals surface area (Å²) in [4.78, 5) is 30.8. The molecule has 1 fully saturated rings. The quantitative estimate of drug-likeness (QED) is 0.388. The van der Waals surface area contributed by atoms with Gasteiger partial charge in [0.25, 0.3) is 5.91 Å². The number of nitrogens with one attached hydrogen (secondary N) is 1. The average Bonchev–Trinajstić information content (AvgIpc) is 3.66. The number of Topliss-reactive ketones (excluding diaryl/α,β-unsaturated/α-hetero) is 1. The van der Waals surface area contributed by atoms with Crippen LogP contribution in [0.3, 0.4) is 0 Å². The molecule has 8 nitrogen and oxygen atoms in total. The fourth-order valence-corrected chi connectivity index (χ4v) is 5.81. The Bertz CT molecular complexity index is 1610. The zero-order valence-corrected chi connectivity index (χ0v) is 25.0. The topological polar surface area (TPSA) is 79.7 Å². The molecule has 0 spiro atoms. The van der Waals surface area contributed by atoms with Gasteiger partial charge in [0.1, 0.15) is 12.4 Å². The Balaban J connectivity index is 1.07. The minimum absolute atomic E-state index is 0.0582. The summed E-state index contributed by atoms with van der Waals surface area (Å²) in [5.74, 6) is 0.662. The maximum atomic E-state index is 13.1. The average molecular weight is 578 g/mol. The first-order chi connectivity index (χ1) is 20.9. The van der Waals surface area contributed by atoms with Crippen molar-refractivity contribution in [3.05, 3.63) is 112 Å². The molecule has 1 saturated heterocycles. The molecule has 3 aromatic rings. The zero-order valence-electron chi connectivity index (χ0n) is 25.0. The Labute approximate surface area is 253 Å². The fourth-order valence-electron chi connectivity index (χ4n) is 5.81. The Morgan fingerprint density at radius 3 is 2.72 bits per heavy atom. The lowest BCUT2D eigenvalue weighted by Crippen LogP contribution is -2.45. The second-order valence-corrected chi connectivity index (χ2v) is 11.6. The van der Waals surface area contributed by atoms with Crippen LogP contribution in [0.4, 0.5) is 0 Å². The highest BCUT2D eigenvalue weighted by Gasteiger charge is 2.24. The zero-order chi connectivity index (χ0) is 29.8. The predicted octanol–water partition coefficient (Wildman–Crippen LogP) is 4.27. The molecule has 2 aromatic carbocycles. The molecule has 1 N–H and O–H groups in total. The summed E-state index contributed by atoms with van der Waals surface area (Å²) in [7, 11) is 2.16. The highest BCUT2D eigenvalue weighted by atomic mass is 16.5. The molecule has 1 aliphatic heterocycles. The number of benzene rings is 2. The molecule has 1 amide bonds. The van der Waals surface area contributed by atoms with Crippen LogP contribution in [0.15, 0.2) is 83.9 Å². The number of aromatic nitrogens is 2. The number of allylic oxidation sites excluding steroid dienone is 4. The van der Waals surface area contributed by atoms with Crippen LogP contribution in [0.5, 0.6) is 5.75 Å². The van der Waals surface area contributed by atoms with E-state index in [4.69, 9.17) is 4.74 Å². The van der Waals surface area contributed by atoms with Gasteiger partial charge in [-0.05, 0) is 65.9 Å². The van der Waals surface area contributed by atoms with Crippen LogP contribution in [0, 0.1) is 0 Å². The van der Waals surface area contributed by atoms with E-state index in [0.29, 0.717) is 36.4 Å². The van der Waals surface area contributed by atoms with Crippen molar-refractivity contribution >= 4 is 17.8 Å². The summed E-state index contributed by atoms with van der Waals surface area (Å²) < 4.78 is 7.85. The van der Waals surface area contributed by atoms with Gasteiger partial charge in [0, 0.05) is 56.6 Å². The van der Waals surface area contributed by atoms with E-state index in [9.17, 15) is 9.59 Å². The van der Waals surface area contributed by atoms with E-state index in [1.807, 2.05) is 12.1 Å². The molecular formula is C35H39N5O3. The van der Waals surface area contributed by atoms with E-state index in [0.717, 1.165) is 61.6 Å². The molecule has 8 heteroatoms. The molecular weight excluding hydrogens is 538 g/mol. The maximum absolute atomic E-state index is 13.1. The number of likely N-dealkylation sites (N-methyl/N-ethyl adjacent to an activating group) is 1. The molecule has 222 valence electrons. The first-order valence-corrected chi connectivity index (χ1v) is 15.2. The highest BCUT2D eigenvalue weighted by molar-refractivity contribution is 6.04. The summed E-state index contributed by atoms with van der Waals surface area (Å²) in [6, 6.07) is 14.6. The number of nitrogens with zero attached hydrogens (tertiary/aromatic N) is 4. The lowest BCUT2D eigenvalue weighted by atomic mass is 9.93. The number of hydrogen-bond acceptors (Lipinski definition) is 6. The number of ether oxygens (including phenoxy) is 1. The standard InChI is InChI=1S/C35H39N5O3/c1-3-25-5-4-6-26(17-25)23-40-24-30(22-36-40)35(42)37-31-8-10-34(41)33(21-31)29-18-27-7-9-32(20-28(27)19-29)43-16-15-39-13-11-38(2)12-14-39/h4-9,17,19-22,24H,3,10-16,18,23H2,1-2H3,(H,37,42). The van der Waals surface area contributed by atoms with Gasteiger partial charge in [-0.1, -0.05) is 49.4 Å². The monoisotopic (exact) mass is 577 g/mol. The van der Waals surface area contributed by atoms with Crippen LogP contribution < -0.4 is 10.1 Å². The van der Waals surface area contributed by atoms with Gasteiger partial charge in [-0.25, -0.2) is 0 Å². The van der Waals surface area contributed by atoms with E-state index < -0.39 is 0 Å². The third-order valence-corrected chi connectivity index (χ3v) is 8.45.